The minimum atomic E-state index is 0.761. The minimum Gasteiger partial charge on any atom is -0.317 e. The number of piperidine rings is 1. The molecule has 0 saturated carbocycles. The van der Waals surface area contributed by atoms with Crippen LogP contribution in [0.1, 0.15) is 41.9 Å². The molecule has 2 heteroatoms. The first-order valence-corrected chi connectivity index (χ1v) is 8.22. The molecule has 2 aliphatic rings. The quantitative estimate of drug-likeness (QED) is 0.909. The molecule has 0 bridgehead atoms. The Balaban J connectivity index is 1.58. The molecule has 20 heavy (non-hydrogen) atoms. The van der Waals surface area contributed by atoms with Crippen molar-refractivity contribution in [3.8, 4) is 0 Å². The van der Waals surface area contributed by atoms with Gasteiger partial charge in [0.25, 0.3) is 0 Å². The zero-order valence-electron chi connectivity index (χ0n) is 13.0. The topological polar surface area (TPSA) is 15.3 Å². The van der Waals surface area contributed by atoms with Crippen LogP contribution in [0, 0.1) is 19.8 Å². The standard InChI is InChI=1S/C18H28N2/c1-14-3-4-18(15(2)11-14)17-7-10-20(13-17)12-16-5-8-19-9-6-16/h3-4,11,16-17,19H,5-10,12-13H2,1-2H3. The smallest absolute Gasteiger partial charge is 0.00510 e. The number of hydrogen-bond acceptors (Lipinski definition) is 2. The SMILES string of the molecule is Cc1ccc(C2CCN(CC3CCNCC3)C2)c(C)c1. The maximum absolute atomic E-state index is 3.47. The summed E-state index contributed by atoms with van der Waals surface area (Å²) >= 11 is 0. The Morgan fingerprint density at radius 1 is 1.15 bits per heavy atom. The highest BCUT2D eigenvalue weighted by atomic mass is 15.1. The van der Waals surface area contributed by atoms with Crippen molar-refractivity contribution in [2.75, 3.05) is 32.7 Å². The van der Waals surface area contributed by atoms with E-state index in [0.29, 0.717) is 0 Å². The molecule has 1 aromatic rings. The molecule has 0 aliphatic carbocycles. The number of aryl methyl sites for hydroxylation is 2. The fourth-order valence-electron chi connectivity index (χ4n) is 3.97. The summed E-state index contributed by atoms with van der Waals surface area (Å²) in [4.78, 5) is 2.71. The molecule has 2 fully saturated rings. The lowest BCUT2D eigenvalue weighted by Gasteiger charge is -2.27. The summed E-state index contributed by atoms with van der Waals surface area (Å²) in [5.41, 5.74) is 4.46. The van der Waals surface area contributed by atoms with Crippen LogP contribution in [0.3, 0.4) is 0 Å². The van der Waals surface area contributed by atoms with Crippen molar-refractivity contribution < 1.29 is 0 Å². The van der Waals surface area contributed by atoms with Gasteiger partial charge in [0.05, 0.1) is 0 Å². The fourth-order valence-corrected chi connectivity index (χ4v) is 3.97. The molecule has 2 saturated heterocycles. The molecule has 0 aromatic heterocycles. The van der Waals surface area contributed by atoms with Crippen molar-refractivity contribution in [3.63, 3.8) is 0 Å². The van der Waals surface area contributed by atoms with Crippen LogP contribution in [0.4, 0.5) is 0 Å². The lowest BCUT2D eigenvalue weighted by atomic mass is 9.93. The molecule has 110 valence electrons. The second kappa shape index (κ2) is 6.28. The second-order valence-corrected chi connectivity index (χ2v) is 6.80. The van der Waals surface area contributed by atoms with Gasteiger partial charge in [0.15, 0.2) is 0 Å². The van der Waals surface area contributed by atoms with Crippen molar-refractivity contribution in [3.05, 3.63) is 34.9 Å². The van der Waals surface area contributed by atoms with E-state index in [2.05, 4.69) is 42.3 Å². The predicted octanol–water partition coefficient (Wildman–Crippen LogP) is 3.09. The number of nitrogens with zero attached hydrogens (tertiary/aromatic N) is 1. The average Bonchev–Trinajstić information content (AvgIpc) is 2.88. The molecule has 0 amide bonds. The maximum atomic E-state index is 3.47. The maximum Gasteiger partial charge on any atom is 0.00510 e. The number of likely N-dealkylation sites (tertiary alicyclic amines) is 1. The van der Waals surface area contributed by atoms with Gasteiger partial charge in [0.1, 0.15) is 0 Å². The van der Waals surface area contributed by atoms with E-state index >= 15 is 0 Å². The van der Waals surface area contributed by atoms with Crippen molar-refractivity contribution in [2.24, 2.45) is 5.92 Å². The van der Waals surface area contributed by atoms with Gasteiger partial charge in [0.2, 0.25) is 0 Å². The van der Waals surface area contributed by atoms with Crippen LogP contribution in [0.5, 0.6) is 0 Å². The fraction of sp³-hybridized carbons (Fsp3) is 0.667. The first-order valence-electron chi connectivity index (χ1n) is 8.22. The summed E-state index contributed by atoms with van der Waals surface area (Å²) in [6.45, 7) is 10.8. The van der Waals surface area contributed by atoms with Gasteiger partial charge in [-0.1, -0.05) is 23.8 Å². The molecular formula is C18H28N2. The first-order chi connectivity index (χ1) is 9.72. The van der Waals surface area contributed by atoms with E-state index in [4.69, 9.17) is 0 Å². The van der Waals surface area contributed by atoms with Crippen LogP contribution in [0.2, 0.25) is 0 Å². The van der Waals surface area contributed by atoms with Gasteiger partial charge < -0.3 is 10.2 Å². The Morgan fingerprint density at radius 3 is 2.70 bits per heavy atom. The minimum absolute atomic E-state index is 0.761. The van der Waals surface area contributed by atoms with Crippen LogP contribution >= 0.6 is 0 Å². The van der Waals surface area contributed by atoms with Gasteiger partial charge in [0, 0.05) is 13.1 Å². The van der Waals surface area contributed by atoms with Gasteiger partial charge in [-0.05, 0) is 75.7 Å². The van der Waals surface area contributed by atoms with Crippen molar-refractivity contribution in [1.82, 2.24) is 10.2 Å². The zero-order chi connectivity index (χ0) is 13.9. The van der Waals surface area contributed by atoms with Crippen LogP contribution in [0.15, 0.2) is 18.2 Å². The molecule has 1 N–H and O–H groups in total. The normalized spacial score (nSPS) is 25.2. The average molecular weight is 272 g/mol. The number of hydrogen-bond donors (Lipinski definition) is 1. The molecule has 1 atom stereocenters. The van der Waals surface area contributed by atoms with E-state index in [-0.39, 0.29) is 0 Å². The van der Waals surface area contributed by atoms with E-state index < -0.39 is 0 Å². The Bertz CT molecular complexity index is 449. The Kier molecular flexibility index (Phi) is 4.42. The van der Waals surface area contributed by atoms with Gasteiger partial charge in [-0.15, -0.1) is 0 Å². The number of benzene rings is 1. The largest absolute Gasteiger partial charge is 0.317 e. The second-order valence-electron chi connectivity index (χ2n) is 6.80. The lowest BCUT2D eigenvalue weighted by Crippen LogP contribution is -2.35. The summed E-state index contributed by atoms with van der Waals surface area (Å²) in [5, 5.41) is 3.47. The van der Waals surface area contributed by atoms with E-state index in [1.165, 1.54) is 63.1 Å². The molecule has 2 aliphatic heterocycles. The van der Waals surface area contributed by atoms with E-state index in [0.717, 1.165) is 11.8 Å². The third-order valence-corrected chi connectivity index (χ3v) is 5.11. The third-order valence-electron chi connectivity index (χ3n) is 5.11. The first kappa shape index (κ1) is 14.1. The van der Waals surface area contributed by atoms with Crippen LogP contribution in [-0.4, -0.2) is 37.6 Å². The van der Waals surface area contributed by atoms with Gasteiger partial charge >= 0.3 is 0 Å². The molecule has 1 aromatic carbocycles. The third kappa shape index (κ3) is 3.24. The van der Waals surface area contributed by atoms with Crippen molar-refractivity contribution in [1.29, 1.82) is 0 Å². The van der Waals surface area contributed by atoms with Crippen molar-refractivity contribution >= 4 is 0 Å². The highest BCUT2D eigenvalue weighted by molar-refractivity contribution is 5.33. The molecule has 1 unspecified atom stereocenters. The lowest BCUT2D eigenvalue weighted by molar-refractivity contribution is 0.239. The molecular weight excluding hydrogens is 244 g/mol. The Hall–Kier alpha value is -0.860. The zero-order valence-corrected chi connectivity index (χ0v) is 13.0. The van der Waals surface area contributed by atoms with E-state index in [1.807, 2.05) is 0 Å². The van der Waals surface area contributed by atoms with Crippen molar-refractivity contribution in [2.45, 2.75) is 39.0 Å². The summed E-state index contributed by atoms with van der Waals surface area (Å²) in [7, 11) is 0. The van der Waals surface area contributed by atoms with Gasteiger partial charge in [-0.3, -0.25) is 0 Å². The number of nitrogens with one attached hydrogen (secondary N) is 1. The number of rotatable bonds is 3. The van der Waals surface area contributed by atoms with Gasteiger partial charge in [-0.25, -0.2) is 0 Å². The summed E-state index contributed by atoms with van der Waals surface area (Å²) < 4.78 is 0. The monoisotopic (exact) mass is 272 g/mol. The molecule has 0 radical (unpaired) electrons. The highest BCUT2D eigenvalue weighted by Gasteiger charge is 2.27. The highest BCUT2D eigenvalue weighted by Crippen LogP contribution is 2.30. The molecule has 2 nitrogen and oxygen atoms in total. The van der Waals surface area contributed by atoms with E-state index in [9.17, 15) is 0 Å². The molecule has 0 spiro atoms. The van der Waals surface area contributed by atoms with Crippen LogP contribution in [-0.2, 0) is 0 Å². The molecule has 3 rings (SSSR count). The summed E-state index contributed by atoms with van der Waals surface area (Å²) in [6, 6.07) is 6.98. The van der Waals surface area contributed by atoms with Crippen LogP contribution in [0.25, 0.3) is 0 Å². The summed E-state index contributed by atoms with van der Waals surface area (Å²) in [5.74, 6) is 1.69. The van der Waals surface area contributed by atoms with E-state index in [1.54, 1.807) is 5.56 Å². The Labute approximate surface area is 123 Å². The van der Waals surface area contributed by atoms with Crippen LogP contribution < -0.4 is 5.32 Å². The Morgan fingerprint density at radius 2 is 1.95 bits per heavy atom. The molecule has 2 heterocycles. The van der Waals surface area contributed by atoms with Gasteiger partial charge in [-0.2, -0.15) is 0 Å². The summed E-state index contributed by atoms with van der Waals surface area (Å²) in [6.07, 6.45) is 4.07. The predicted molar refractivity (Wildman–Crippen MR) is 85.3 cm³/mol.